The summed E-state index contributed by atoms with van der Waals surface area (Å²) >= 11 is 0. The largest absolute Gasteiger partial charge is 0.481 e. The van der Waals surface area contributed by atoms with Gasteiger partial charge in [-0.1, -0.05) is 0 Å². The van der Waals surface area contributed by atoms with E-state index in [0.717, 1.165) is 62.3 Å². The second-order valence-electron chi connectivity index (χ2n) is 26.9. The first-order valence-electron chi connectivity index (χ1n) is 37.5. The van der Waals surface area contributed by atoms with E-state index >= 15 is 0 Å². The molecule has 43 heteroatoms. The highest BCUT2D eigenvalue weighted by atomic mass is 16.7. The van der Waals surface area contributed by atoms with Crippen molar-refractivity contribution < 1.29 is 172 Å². The Morgan fingerprint density at radius 2 is 0.583 bits per heavy atom. The van der Waals surface area contributed by atoms with Crippen molar-refractivity contribution in [1.29, 1.82) is 0 Å². The summed E-state index contributed by atoms with van der Waals surface area (Å²) in [5.41, 5.74) is -1.62. The summed E-state index contributed by atoms with van der Waals surface area (Å²) in [7, 11) is 0. The highest BCUT2D eigenvalue weighted by molar-refractivity contribution is 5.79. The second kappa shape index (κ2) is 53.7. The molecule has 115 heavy (non-hydrogen) atoms. The van der Waals surface area contributed by atoms with Gasteiger partial charge in [0.05, 0.1) is 39.6 Å². The maximum absolute atomic E-state index is 13.7. The van der Waals surface area contributed by atoms with Crippen LogP contribution in [-0.4, -0.2) is 303 Å². The number of nitrogens with one attached hydrogen (secondary N) is 7. The fraction of sp³-hybridized carbons (Fsp3) is 0.764. The van der Waals surface area contributed by atoms with Crippen LogP contribution in [0.5, 0.6) is 0 Å². The number of carboxylic acids is 1. The summed E-state index contributed by atoms with van der Waals surface area (Å²) in [6.45, 7) is 10.5. The Hall–Kier alpha value is -9.37. The topological polar surface area (TPSA) is 561 Å². The lowest BCUT2D eigenvalue weighted by atomic mass is 9.96. The van der Waals surface area contributed by atoms with Crippen LogP contribution in [0.1, 0.15) is 160 Å². The molecule has 3 fully saturated rings. The van der Waals surface area contributed by atoms with Crippen molar-refractivity contribution in [3.63, 3.8) is 0 Å². The minimum absolute atomic E-state index is 0.0444. The quantitative estimate of drug-likeness (QED) is 0.0186. The van der Waals surface area contributed by atoms with Gasteiger partial charge >= 0.3 is 59.7 Å². The average molecular weight is 1650 g/mol. The molecule has 0 aromatic rings. The molecule has 8 N–H and O–H groups in total. The molecule has 0 saturated carbocycles. The maximum Gasteiger partial charge on any atom is 0.303 e. The molecule has 0 aromatic heterocycles. The molecular formula is C72H113N7O36. The first-order chi connectivity index (χ1) is 54.4. The number of carbonyl (C=O) groups excluding carboxylic acids is 16. The van der Waals surface area contributed by atoms with Gasteiger partial charge in [-0.2, -0.15) is 0 Å². The molecule has 3 aliphatic heterocycles. The Morgan fingerprint density at radius 1 is 0.313 bits per heavy atom. The van der Waals surface area contributed by atoms with E-state index in [9.17, 15) is 86.6 Å². The molecular weight excluding hydrogens is 1540 g/mol. The summed E-state index contributed by atoms with van der Waals surface area (Å²) in [6.07, 6.45) is -15.2. The number of rotatable bonds is 53. The SMILES string of the molecule is CC(=O)N[C@H]1[C@H](OCCCCNC(=O)CCOCC(COCCC(=O)NCCCCO[C@@H]2O[C@H](COC(C)=O)[C@H](OC(C)=O)[C@H](OC(C)=O)[C@H]2NC(C)=O)(COCCC(=O)NCCCCO[C@@H]2O[C@H](COC(C)=O)[C@H](OC(C)=O)[C@H](OC(C)=O)[C@H]2NC(C)=O)NC(=O)CCCC(=O)O)O[C@H](COC(C)=O)[C@H](OC(C)=O)[C@@H]1OC(C)=O. The monoisotopic (exact) mass is 1650 g/mol. The van der Waals surface area contributed by atoms with Crippen molar-refractivity contribution in [2.45, 2.75) is 258 Å². The molecule has 652 valence electrons. The van der Waals surface area contributed by atoms with E-state index in [-0.39, 0.29) is 117 Å². The van der Waals surface area contributed by atoms with Crippen molar-refractivity contribution in [1.82, 2.24) is 37.2 Å². The highest BCUT2D eigenvalue weighted by Crippen LogP contribution is 2.32. The number of unbranched alkanes of at least 4 members (excludes halogenated alkanes) is 3. The van der Waals surface area contributed by atoms with Crippen molar-refractivity contribution in [3.05, 3.63) is 0 Å². The van der Waals surface area contributed by atoms with Gasteiger partial charge in [-0.25, -0.2) is 0 Å². The highest BCUT2D eigenvalue weighted by Gasteiger charge is 2.54. The van der Waals surface area contributed by atoms with Crippen LogP contribution in [0, 0.1) is 0 Å². The molecule has 0 aliphatic carbocycles. The number of carboxylic acid groups (broad SMARTS) is 1. The zero-order valence-corrected chi connectivity index (χ0v) is 67.0. The zero-order valence-electron chi connectivity index (χ0n) is 67.0. The molecule has 0 aromatic carbocycles. The lowest BCUT2D eigenvalue weighted by molar-refractivity contribution is -0.277. The summed E-state index contributed by atoms with van der Waals surface area (Å²) < 4.78 is 102. The van der Waals surface area contributed by atoms with E-state index in [1.807, 2.05) is 0 Å². The molecule has 3 heterocycles. The number of esters is 9. The minimum atomic E-state index is -1.62. The lowest BCUT2D eigenvalue weighted by Gasteiger charge is -2.44. The average Bonchev–Trinajstić information content (AvgIpc) is 0.800. The number of amides is 7. The van der Waals surface area contributed by atoms with E-state index in [1.165, 1.54) is 20.8 Å². The molecule has 0 spiro atoms. The van der Waals surface area contributed by atoms with Crippen molar-refractivity contribution in [3.8, 4) is 0 Å². The van der Waals surface area contributed by atoms with Crippen LogP contribution >= 0.6 is 0 Å². The number of ether oxygens (including phenoxy) is 18. The van der Waals surface area contributed by atoms with Crippen LogP contribution < -0.4 is 37.2 Å². The van der Waals surface area contributed by atoms with Crippen molar-refractivity contribution in [2.75, 3.05) is 98.9 Å². The summed E-state index contributed by atoms with van der Waals surface area (Å²) in [4.78, 5) is 211. The van der Waals surface area contributed by atoms with Gasteiger partial charge in [0.1, 0.15) is 61.8 Å². The molecule has 15 atom stereocenters. The van der Waals surface area contributed by atoms with Gasteiger partial charge in [0, 0.05) is 155 Å². The fourth-order valence-corrected chi connectivity index (χ4v) is 11.8. The normalized spacial score (nSPS) is 23.0. The second-order valence-corrected chi connectivity index (χ2v) is 26.9. The van der Waals surface area contributed by atoms with E-state index in [2.05, 4.69) is 37.2 Å². The van der Waals surface area contributed by atoms with Gasteiger partial charge in [0.2, 0.25) is 41.4 Å². The van der Waals surface area contributed by atoms with Gasteiger partial charge in [-0.05, 0) is 44.9 Å². The van der Waals surface area contributed by atoms with Gasteiger partial charge in [-0.15, -0.1) is 0 Å². The standard InChI is InChI=1S/C72H113N7O36/c1-40(80)76-60-66(110-49(10)89)63(107-46(7)86)52(34-104-43(4)83)113-69(60)101-28-16-13-25-73-55(92)22-31-98-37-72(79-58(95)20-19-21-59(96)97,38-99-32-23-56(93)74-26-14-17-29-102-70-61(77-41(2)81)67(111-50(11)90)64(108-47(8)87)53(114-70)35-105-44(5)84)39-100-33-24-57(94)75-27-15-18-30-103-71-62(78-42(3)82)68(112-51(12)91)65(109-48(9)88)54(115-71)36-106-45(6)85/h52-54,60-71H,13-39H2,1-12H3,(H,73,92)(H,74,93)(H,75,94)(H,76,80)(H,77,81)(H,78,82)(H,79,95)(H,96,97)/t52-,53-,54-,60-,61-,62-,63+,64+,65+,66-,67-,68-,69-,70-,71-/m1/s1. The van der Waals surface area contributed by atoms with Gasteiger partial charge < -0.3 is 128 Å². The third-order valence-corrected chi connectivity index (χ3v) is 16.5. The van der Waals surface area contributed by atoms with Gasteiger partial charge in [0.15, 0.2) is 55.5 Å². The van der Waals surface area contributed by atoms with Crippen molar-refractivity contribution >= 4 is 101 Å². The Morgan fingerprint density at radius 3 is 0.826 bits per heavy atom. The van der Waals surface area contributed by atoms with E-state index < -0.39 is 238 Å². The Labute approximate surface area is 664 Å². The molecule has 0 bridgehead atoms. The first-order valence-corrected chi connectivity index (χ1v) is 37.5. The van der Waals surface area contributed by atoms with Crippen LogP contribution in [0.25, 0.3) is 0 Å². The maximum atomic E-state index is 13.7. The van der Waals surface area contributed by atoms with Crippen LogP contribution in [-0.2, 0) is 167 Å². The first kappa shape index (κ1) is 99.8. The number of carbonyl (C=O) groups is 17. The molecule has 3 saturated heterocycles. The predicted molar refractivity (Wildman–Crippen MR) is 385 cm³/mol. The third kappa shape index (κ3) is 41.2. The lowest BCUT2D eigenvalue weighted by Crippen LogP contribution is -2.66. The molecule has 3 aliphatic rings. The summed E-state index contributed by atoms with van der Waals surface area (Å²) in [6, 6.07) is -3.61. The van der Waals surface area contributed by atoms with Crippen LogP contribution in [0.3, 0.4) is 0 Å². The van der Waals surface area contributed by atoms with E-state index in [4.69, 9.17) is 85.3 Å². The zero-order chi connectivity index (χ0) is 85.7. The van der Waals surface area contributed by atoms with Gasteiger partial charge in [-0.3, -0.25) is 81.5 Å². The number of hydrogen-bond acceptors (Lipinski definition) is 35. The molecule has 0 unspecified atom stereocenters. The summed E-state index contributed by atoms with van der Waals surface area (Å²) in [5, 5.41) is 28.3. The van der Waals surface area contributed by atoms with E-state index in [1.54, 1.807) is 0 Å². The van der Waals surface area contributed by atoms with E-state index in [0.29, 0.717) is 19.3 Å². The Balaban J connectivity index is 1.74. The fourth-order valence-electron chi connectivity index (χ4n) is 11.8. The molecule has 43 nitrogen and oxygen atoms in total. The summed E-state index contributed by atoms with van der Waals surface area (Å²) in [5.74, 6) is -11.8. The minimum Gasteiger partial charge on any atom is -0.481 e. The molecule has 7 amide bonds. The number of hydrogen-bond donors (Lipinski definition) is 8. The van der Waals surface area contributed by atoms with Crippen molar-refractivity contribution in [2.24, 2.45) is 0 Å². The smallest absolute Gasteiger partial charge is 0.303 e. The van der Waals surface area contributed by atoms with Crippen LogP contribution in [0.15, 0.2) is 0 Å². The third-order valence-electron chi connectivity index (χ3n) is 16.5. The number of aliphatic carboxylic acids is 1. The van der Waals surface area contributed by atoms with Gasteiger partial charge in [0.25, 0.3) is 0 Å². The molecule has 0 radical (unpaired) electrons. The Bertz CT molecular complexity index is 2920. The molecule has 3 rings (SSSR count). The predicted octanol–water partition coefficient (Wildman–Crippen LogP) is -1.98. The van der Waals surface area contributed by atoms with Crippen LogP contribution in [0.2, 0.25) is 0 Å². The van der Waals surface area contributed by atoms with Crippen LogP contribution in [0.4, 0.5) is 0 Å². The Kier molecular flexibility index (Phi) is 46.6.